The van der Waals surface area contributed by atoms with Crippen LogP contribution < -0.4 is 21.3 Å². The lowest BCUT2D eigenvalue weighted by atomic mass is 9.91. The monoisotopic (exact) mass is 504 g/mol. The number of aromatic amines is 1. The van der Waals surface area contributed by atoms with E-state index in [2.05, 4.69) is 57.4 Å². The SMILES string of the molecule is Cc1cc(Nc2ccnc(NC3CCC(NC(=O)NC4CCN(Cc5ccccn5)CC4)CC3)n2)n[nH]1. The molecule has 5 N–H and O–H groups in total. The summed E-state index contributed by atoms with van der Waals surface area (Å²) >= 11 is 0. The van der Waals surface area contributed by atoms with Crippen molar-refractivity contribution in [3.8, 4) is 0 Å². The van der Waals surface area contributed by atoms with Crippen LogP contribution in [0.2, 0.25) is 0 Å². The molecule has 0 spiro atoms. The van der Waals surface area contributed by atoms with Crippen molar-refractivity contribution in [2.75, 3.05) is 23.7 Å². The molecule has 0 unspecified atom stereocenters. The number of rotatable bonds is 8. The number of amides is 2. The highest BCUT2D eigenvalue weighted by molar-refractivity contribution is 5.74. The Balaban J connectivity index is 0.997. The number of urea groups is 1. The minimum absolute atomic E-state index is 0.0460. The molecule has 0 aromatic carbocycles. The molecule has 5 rings (SSSR count). The normalized spacial score (nSPS) is 20.8. The van der Waals surface area contributed by atoms with Gasteiger partial charge in [-0.3, -0.25) is 15.0 Å². The highest BCUT2D eigenvalue weighted by Gasteiger charge is 2.25. The molecule has 11 nitrogen and oxygen atoms in total. The highest BCUT2D eigenvalue weighted by Crippen LogP contribution is 2.22. The quantitative estimate of drug-likeness (QED) is 0.315. The van der Waals surface area contributed by atoms with Gasteiger partial charge in [-0.2, -0.15) is 10.1 Å². The van der Waals surface area contributed by atoms with Gasteiger partial charge in [0.25, 0.3) is 0 Å². The van der Waals surface area contributed by atoms with E-state index in [9.17, 15) is 4.79 Å². The number of piperidine rings is 1. The van der Waals surface area contributed by atoms with Crippen molar-refractivity contribution in [1.29, 1.82) is 0 Å². The summed E-state index contributed by atoms with van der Waals surface area (Å²) in [7, 11) is 0. The van der Waals surface area contributed by atoms with Crippen LogP contribution in [0, 0.1) is 6.92 Å². The van der Waals surface area contributed by atoms with Crippen molar-refractivity contribution < 1.29 is 4.79 Å². The molecule has 11 heteroatoms. The number of hydrogen-bond donors (Lipinski definition) is 5. The first kappa shape index (κ1) is 24.9. The molecule has 0 bridgehead atoms. The number of nitrogens with one attached hydrogen (secondary N) is 5. The van der Waals surface area contributed by atoms with E-state index < -0.39 is 0 Å². The van der Waals surface area contributed by atoms with E-state index in [0.29, 0.717) is 11.8 Å². The van der Waals surface area contributed by atoms with Crippen LogP contribution in [0.15, 0.2) is 42.7 Å². The molecule has 2 aliphatic rings. The lowest BCUT2D eigenvalue weighted by Gasteiger charge is -2.33. The van der Waals surface area contributed by atoms with Gasteiger partial charge in [0.2, 0.25) is 5.95 Å². The third-order valence-corrected chi connectivity index (χ3v) is 7.05. The maximum absolute atomic E-state index is 12.6. The molecule has 2 fully saturated rings. The predicted molar refractivity (Wildman–Crippen MR) is 143 cm³/mol. The molecule has 1 saturated carbocycles. The number of anilines is 3. The third-order valence-electron chi connectivity index (χ3n) is 7.05. The summed E-state index contributed by atoms with van der Waals surface area (Å²) in [6.07, 6.45) is 9.26. The Morgan fingerprint density at radius 3 is 2.41 bits per heavy atom. The number of aromatic nitrogens is 5. The molecular weight excluding hydrogens is 468 g/mol. The first-order chi connectivity index (χ1) is 18.1. The number of aryl methyl sites for hydroxylation is 1. The van der Waals surface area contributed by atoms with Crippen molar-refractivity contribution >= 4 is 23.6 Å². The second-order valence-electron chi connectivity index (χ2n) is 10.0. The first-order valence-electron chi connectivity index (χ1n) is 13.2. The van der Waals surface area contributed by atoms with Crippen molar-refractivity contribution in [2.45, 2.75) is 70.1 Å². The zero-order chi connectivity index (χ0) is 25.5. The van der Waals surface area contributed by atoms with E-state index >= 15 is 0 Å². The van der Waals surface area contributed by atoms with E-state index in [4.69, 9.17) is 0 Å². The zero-order valence-electron chi connectivity index (χ0n) is 21.3. The average molecular weight is 505 g/mol. The van der Waals surface area contributed by atoms with Gasteiger partial charge in [-0.1, -0.05) is 6.07 Å². The molecular formula is C26H36N10O. The Morgan fingerprint density at radius 1 is 0.946 bits per heavy atom. The molecule has 1 aliphatic heterocycles. The summed E-state index contributed by atoms with van der Waals surface area (Å²) in [4.78, 5) is 28.4. The van der Waals surface area contributed by atoms with Crippen LogP contribution in [0.5, 0.6) is 0 Å². The summed E-state index contributed by atoms with van der Waals surface area (Å²) in [6, 6.07) is 10.4. The predicted octanol–water partition coefficient (Wildman–Crippen LogP) is 3.33. The van der Waals surface area contributed by atoms with Crippen LogP contribution in [-0.4, -0.2) is 67.3 Å². The average Bonchev–Trinajstić information content (AvgIpc) is 3.31. The van der Waals surface area contributed by atoms with Gasteiger partial charge >= 0.3 is 6.03 Å². The zero-order valence-corrected chi connectivity index (χ0v) is 21.3. The number of likely N-dealkylation sites (tertiary alicyclic amines) is 1. The third kappa shape index (κ3) is 7.39. The highest BCUT2D eigenvalue weighted by atomic mass is 16.2. The number of nitrogens with zero attached hydrogens (tertiary/aromatic N) is 5. The van der Waals surface area contributed by atoms with Gasteiger partial charge in [0, 0.05) is 61.9 Å². The van der Waals surface area contributed by atoms with Crippen LogP contribution in [0.4, 0.5) is 22.4 Å². The topological polar surface area (TPSA) is 136 Å². The van der Waals surface area contributed by atoms with Crippen molar-refractivity contribution in [3.05, 3.63) is 54.1 Å². The fourth-order valence-electron chi connectivity index (χ4n) is 5.04. The number of H-pyrrole nitrogens is 1. The molecule has 196 valence electrons. The largest absolute Gasteiger partial charge is 0.351 e. The number of pyridine rings is 1. The van der Waals surface area contributed by atoms with Gasteiger partial charge in [0.05, 0.1) is 5.69 Å². The fourth-order valence-corrected chi connectivity index (χ4v) is 5.04. The van der Waals surface area contributed by atoms with Gasteiger partial charge in [-0.15, -0.1) is 0 Å². The number of hydrogen-bond acceptors (Lipinski definition) is 8. The summed E-state index contributed by atoms with van der Waals surface area (Å²) in [5.74, 6) is 2.02. The molecule has 2 amide bonds. The second-order valence-corrected chi connectivity index (χ2v) is 10.0. The molecule has 4 heterocycles. The van der Waals surface area contributed by atoms with Gasteiger partial charge < -0.3 is 21.3 Å². The van der Waals surface area contributed by atoms with Crippen LogP contribution in [0.1, 0.15) is 49.9 Å². The lowest BCUT2D eigenvalue weighted by Crippen LogP contribution is -2.50. The molecule has 0 radical (unpaired) electrons. The first-order valence-corrected chi connectivity index (χ1v) is 13.2. The Bertz CT molecular complexity index is 1140. The molecule has 3 aromatic heterocycles. The number of carbonyl (C=O) groups excluding carboxylic acids is 1. The van der Waals surface area contributed by atoms with Crippen LogP contribution in [0.25, 0.3) is 0 Å². The fraction of sp³-hybridized carbons (Fsp3) is 0.500. The second kappa shape index (κ2) is 12.0. The van der Waals surface area contributed by atoms with Gasteiger partial charge in [0.1, 0.15) is 5.82 Å². The van der Waals surface area contributed by atoms with Gasteiger partial charge in [-0.05, 0) is 63.6 Å². The van der Waals surface area contributed by atoms with Gasteiger partial charge in [-0.25, -0.2) is 9.78 Å². The van der Waals surface area contributed by atoms with E-state index in [1.165, 1.54) is 0 Å². The molecule has 37 heavy (non-hydrogen) atoms. The van der Waals surface area contributed by atoms with E-state index in [0.717, 1.165) is 75.4 Å². The van der Waals surface area contributed by atoms with Gasteiger partial charge in [0.15, 0.2) is 5.82 Å². The standard InChI is InChI=1S/C26H36N10O/c1-18-16-24(35-34-18)32-23-9-13-28-25(33-23)29-19-5-7-20(8-6-19)30-26(37)31-21-10-14-36(15-11-21)17-22-4-2-3-12-27-22/h2-4,9,12-13,16,19-21H,5-8,10-11,14-15,17H2,1H3,(H2,30,31,37)(H3,28,29,32,33,34,35). The lowest BCUT2D eigenvalue weighted by molar-refractivity contribution is 0.183. The summed E-state index contributed by atoms with van der Waals surface area (Å²) in [5.41, 5.74) is 2.08. The summed E-state index contributed by atoms with van der Waals surface area (Å²) in [6.45, 7) is 4.76. The molecule has 0 atom stereocenters. The minimum Gasteiger partial charge on any atom is -0.351 e. The Morgan fingerprint density at radius 2 is 1.70 bits per heavy atom. The van der Waals surface area contributed by atoms with Crippen molar-refractivity contribution in [3.63, 3.8) is 0 Å². The number of carbonyl (C=O) groups is 1. The van der Waals surface area contributed by atoms with Crippen LogP contribution in [0.3, 0.4) is 0 Å². The smallest absolute Gasteiger partial charge is 0.315 e. The minimum atomic E-state index is -0.0460. The maximum Gasteiger partial charge on any atom is 0.315 e. The van der Waals surface area contributed by atoms with E-state index in [1.807, 2.05) is 37.4 Å². The Labute approximate surface area is 217 Å². The van der Waals surface area contributed by atoms with Crippen LogP contribution >= 0.6 is 0 Å². The Kier molecular flexibility index (Phi) is 8.09. The van der Waals surface area contributed by atoms with E-state index in [-0.39, 0.29) is 24.2 Å². The summed E-state index contributed by atoms with van der Waals surface area (Å²) < 4.78 is 0. The van der Waals surface area contributed by atoms with Crippen LogP contribution in [-0.2, 0) is 6.54 Å². The summed E-state index contributed by atoms with van der Waals surface area (Å²) in [5, 5.41) is 20.1. The maximum atomic E-state index is 12.6. The van der Waals surface area contributed by atoms with E-state index in [1.54, 1.807) is 6.20 Å². The van der Waals surface area contributed by atoms with Crippen molar-refractivity contribution in [1.82, 2.24) is 40.7 Å². The molecule has 1 saturated heterocycles. The van der Waals surface area contributed by atoms with Crippen molar-refractivity contribution in [2.24, 2.45) is 0 Å². The molecule has 3 aromatic rings. The molecule has 1 aliphatic carbocycles. The Hall–Kier alpha value is -3.73.